The van der Waals surface area contributed by atoms with E-state index in [0.717, 1.165) is 11.3 Å². The predicted octanol–water partition coefficient (Wildman–Crippen LogP) is 3.18. The molecule has 2 rings (SSSR count). The Hall–Kier alpha value is -2.61. The molecular weight excluding hydrogens is 346 g/mol. The van der Waals surface area contributed by atoms with Gasteiger partial charge in [-0.1, -0.05) is 6.92 Å². The summed E-state index contributed by atoms with van der Waals surface area (Å²) in [6, 6.07) is 3.17. The Morgan fingerprint density at radius 3 is 2.48 bits per heavy atom. The average molecular weight is 365 g/mol. The molecule has 134 valence electrons. The summed E-state index contributed by atoms with van der Waals surface area (Å²) in [4.78, 5) is 36.8. The highest BCUT2D eigenvalue weighted by Crippen LogP contribution is 2.29. The number of thiophene rings is 1. The van der Waals surface area contributed by atoms with Crippen molar-refractivity contribution >= 4 is 34.2 Å². The molecule has 25 heavy (non-hydrogen) atoms. The zero-order valence-corrected chi connectivity index (χ0v) is 15.0. The van der Waals surface area contributed by atoms with Gasteiger partial charge in [-0.3, -0.25) is 4.79 Å². The first-order chi connectivity index (χ1) is 12.0. The minimum absolute atomic E-state index is 0.241. The van der Waals surface area contributed by atoms with E-state index in [1.807, 2.05) is 6.92 Å². The molecule has 0 aromatic carbocycles. The van der Waals surface area contributed by atoms with Gasteiger partial charge in [0.05, 0.1) is 18.4 Å². The summed E-state index contributed by atoms with van der Waals surface area (Å²) in [7, 11) is 0. The van der Waals surface area contributed by atoms with Crippen molar-refractivity contribution in [3.63, 3.8) is 0 Å². The van der Waals surface area contributed by atoms with Gasteiger partial charge in [-0.25, -0.2) is 9.59 Å². The first-order valence-electron chi connectivity index (χ1n) is 7.77. The maximum absolute atomic E-state index is 12.0. The topological polar surface area (TPSA) is 94.8 Å². The highest BCUT2D eigenvalue weighted by molar-refractivity contribution is 7.16. The van der Waals surface area contributed by atoms with Gasteiger partial charge in [0.1, 0.15) is 16.3 Å². The molecule has 0 aliphatic rings. The highest BCUT2D eigenvalue weighted by Gasteiger charge is 2.20. The van der Waals surface area contributed by atoms with E-state index in [1.165, 1.54) is 23.7 Å². The number of nitrogens with one attached hydrogen (secondary N) is 1. The van der Waals surface area contributed by atoms with Crippen molar-refractivity contribution < 1.29 is 28.3 Å². The summed E-state index contributed by atoms with van der Waals surface area (Å²) >= 11 is 1.29. The zero-order valence-electron chi connectivity index (χ0n) is 14.2. The number of furan rings is 1. The number of hydrogen-bond acceptors (Lipinski definition) is 7. The van der Waals surface area contributed by atoms with Gasteiger partial charge in [0, 0.05) is 4.88 Å². The maximum Gasteiger partial charge on any atom is 0.342 e. The number of aryl methyl sites for hydroxylation is 2. The number of esters is 2. The Balaban J connectivity index is 2.00. The van der Waals surface area contributed by atoms with Crippen molar-refractivity contribution in [2.45, 2.75) is 27.2 Å². The van der Waals surface area contributed by atoms with Crippen molar-refractivity contribution in [2.75, 3.05) is 18.5 Å². The van der Waals surface area contributed by atoms with Crippen LogP contribution in [0.2, 0.25) is 0 Å². The van der Waals surface area contributed by atoms with Crippen LogP contribution >= 0.6 is 11.3 Å². The van der Waals surface area contributed by atoms with Crippen molar-refractivity contribution in [3.8, 4) is 0 Å². The first kappa shape index (κ1) is 18.7. The van der Waals surface area contributed by atoms with Gasteiger partial charge in [0.25, 0.3) is 5.91 Å². The number of carbonyl (C=O) groups excluding carboxylic acids is 3. The molecule has 0 fully saturated rings. The molecule has 1 amide bonds. The smallest absolute Gasteiger partial charge is 0.342 e. The van der Waals surface area contributed by atoms with E-state index >= 15 is 0 Å². The van der Waals surface area contributed by atoms with Crippen molar-refractivity contribution in [1.29, 1.82) is 0 Å². The van der Waals surface area contributed by atoms with Gasteiger partial charge >= 0.3 is 11.9 Å². The van der Waals surface area contributed by atoms with E-state index in [0.29, 0.717) is 16.3 Å². The van der Waals surface area contributed by atoms with Crippen molar-refractivity contribution in [2.24, 2.45) is 0 Å². The van der Waals surface area contributed by atoms with Crippen LogP contribution in [0.1, 0.15) is 45.2 Å². The van der Waals surface area contributed by atoms with E-state index < -0.39 is 24.5 Å². The van der Waals surface area contributed by atoms with Crippen LogP contribution in [0.15, 0.2) is 22.8 Å². The van der Waals surface area contributed by atoms with Gasteiger partial charge in [-0.2, -0.15) is 0 Å². The standard InChI is InChI=1S/C17H19NO6S/c1-4-11-8-13(17(21)22-5-2)15(25-11)18-14(19)9-24-16(20)12-6-7-23-10(12)3/h6-8H,4-5,9H2,1-3H3,(H,18,19). The Morgan fingerprint density at radius 2 is 1.88 bits per heavy atom. The SMILES string of the molecule is CCOC(=O)c1cc(CC)sc1NC(=O)COC(=O)c1ccoc1C. The molecule has 0 radical (unpaired) electrons. The minimum atomic E-state index is -0.646. The monoisotopic (exact) mass is 365 g/mol. The largest absolute Gasteiger partial charge is 0.469 e. The first-order valence-corrected chi connectivity index (χ1v) is 8.58. The maximum atomic E-state index is 12.0. The quantitative estimate of drug-likeness (QED) is 0.757. The summed E-state index contributed by atoms with van der Waals surface area (Å²) in [5.41, 5.74) is 0.568. The van der Waals surface area contributed by atoms with Gasteiger partial charge < -0.3 is 19.2 Å². The highest BCUT2D eigenvalue weighted by atomic mass is 32.1. The molecule has 2 aromatic rings. The lowest BCUT2D eigenvalue weighted by atomic mass is 10.2. The van der Waals surface area contributed by atoms with Crippen molar-refractivity contribution in [3.05, 3.63) is 40.2 Å². The Kier molecular flexibility index (Phi) is 6.35. The molecular formula is C17H19NO6S. The third-order valence-corrected chi connectivity index (χ3v) is 4.49. The Bertz CT molecular complexity index is 776. The average Bonchev–Trinajstić information content (AvgIpc) is 3.19. The Labute approximate surface area is 148 Å². The van der Waals surface area contributed by atoms with Crippen LogP contribution < -0.4 is 5.32 Å². The van der Waals surface area contributed by atoms with E-state index in [4.69, 9.17) is 13.9 Å². The molecule has 1 N–H and O–H groups in total. The molecule has 0 bridgehead atoms. The fraction of sp³-hybridized carbons (Fsp3) is 0.353. The normalized spacial score (nSPS) is 10.4. The number of ether oxygens (including phenoxy) is 2. The molecule has 2 aromatic heterocycles. The number of anilines is 1. The fourth-order valence-electron chi connectivity index (χ4n) is 2.04. The summed E-state index contributed by atoms with van der Waals surface area (Å²) in [6.07, 6.45) is 2.09. The van der Waals surface area contributed by atoms with Crippen LogP contribution in [0.25, 0.3) is 0 Å². The summed E-state index contributed by atoms with van der Waals surface area (Å²) in [5, 5.41) is 2.98. The third kappa shape index (κ3) is 4.69. The summed E-state index contributed by atoms with van der Waals surface area (Å²) in [6.45, 7) is 5.05. The van der Waals surface area contributed by atoms with Crippen LogP contribution in [-0.2, 0) is 20.7 Å². The molecule has 7 nitrogen and oxygen atoms in total. The molecule has 8 heteroatoms. The molecule has 0 saturated carbocycles. The number of rotatable bonds is 7. The third-order valence-electron chi connectivity index (χ3n) is 3.29. The number of amides is 1. The van der Waals surface area contributed by atoms with Crippen LogP contribution in [0.5, 0.6) is 0 Å². The molecule has 0 spiro atoms. The van der Waals surface area contributed by atoms with Gasteiger partial charge in [0.15, 0.2) is 6.61 Å². The predicted molar refractivity (Wildman–Crippen MR) is 92.0 cm³/mol. The van der Waals surface area contributed by atoms with Crippen LogP contribution in [-0.4, -0.2) is 31.1 Å². The molecule has 2 heterocycles. The van der Waals surface area contributed by atoms with Gasteiger partial charge in [-0.05, 0) is 32.4 Å². The Morgan fingerprint density at radius 1 is 1.16 bits per heavy atom. The van der Waals surface area contributed by atoms with Crippen LogP contribution in [0.3, 0.4) is 0 Å². The lowest BCUT2D eigenvalue weighted by molar-refractivity contribution is -0.119. The van der Waals surface area contributed by atoms with Gasteiger partial charge in [0.2, 0.25) is 0 Å². The van der Waals surface area contributed by atoms with Crippen LogP contribution in [0, 0.1) is 6.92 Å². The van der Waals surface area contributed by atoms with E-state index in [9.17, 15) is 14.4 Å². The molecule has 0 aliphatic heterocycles. The second kappa shape index (κ2) is 8.48. The van der Waals surface area contributed by atoms with Crippen LogP contribution in [0.4, 0.5) is 5.00 Å². The van der Waals surface area contributed by atoms with E-state index in [2.05, 4.69) is 5.32 Å². The molecule has 0 aliphatic carbocycles. The zero-order chi connectivity index (χ0) is 18.4. The summed E-state index contributed by atoms with van der Waals surface area (Å²) in [5.74, 6) is -1.27. The van der Waals surface area contributed by atoms with Gasteiger partial charge in [-0.15, -0.1) is 11.3 Å². The fourth-order valence-corrected chi connectivity index (χ4v) is 3.04. The van der Waals surface area contributed by atoms with Crippen molar-refractivity contribution in [1.82, 2.24) is 0 Å². The summed E-state index contributed by atoms with van der Waals surface area (Å²) < 4.78 is 15.0. The molecule has 0 atom stereocenters. The molecule has 0 unspecified atom stereocenters. The lowest BCUT2D eigenvalue weighted by Crippen LogP contribution is -2.21. The molecule has 0 saturated heterocycles. The second-order valence-corrected chi connectivity index (χ2v) is 6.18. The second-order valence-electron chi connectivity index (χ2n) is 5.04. The minimum Gasteiger partial charge on any atom is -0.469 e. The van der Waals surface area contributed by atoms with E-state index in [-0.39, 0.29) is 12.2 Å². The number of hydrogen-bond donors (Lipinski definition) is 1. The van der Waals surface area contributed by atoms with E-state index in [1.54, 1.807) is 19.9 Å². The number of carbonyl (C=O) groups is 3. The lowest BCUT2D eigenvalue weighted by Gasteiger charge is -2.07.